The summed E-state index contributed by atoms with van der Waals surface area (Å²) in [6, 6.07) is 9.37. The molecule has 162 valence electrons. The molecular formula is C20H24F3N5O2. The van der Waals surface area contributed by atoms with Gasteiger partial charge < -0.3 is 20.7 Å². The Bertz CT molecular complexity index is 854. The summed E-state index contributed by atoms with van der Waals surface area (Å²) < 4.78 is 41.6. The number of halogens is 3. The number of aryl methyl sites for hydroxylation is 1. The van der Waals surface area contributed by atoms with Crippen molar-refractivity contribution in [3.63, 3.8) is 0 Å². The number of pyridine rings is 1. The smallest absolute Gasteiger partial charge is 0.405 e. The number of hydrogen-bond donors (Lipinski definition) is 3. The lowest BCUT2D eigenvalue weighted by Crippen LogP contribution is -2.38. The second-order valence-corrected chi connectivity index (χ2v) is 6.30. The SMILES string of the molecule is CCNC(=NCc1ccccc1OC(F)(F)F)NCCC(=O)Nc1ccc(C)cn1. The quantitative estimate of drug-likeness (QED) is 0.448. The number of carbonyl (C=O) groups is 1. The van der Waals surface area contributed by atoms with E-state index in [9.17, 15) is 18.0 Å². The van der Waals surface area contributed by atoms with Gasteiger partial charge in [0.25, 0.3) is 0 Å². The summed E-state index contributed by atoms with van der Waals surface area (Å²) in [7, 11) is 0. The third kappa shape index (κ3) is 8.38. The average molecular weight is 423 g/mol. The van der Waals surface area contributed by atoms with Gasteiger partial charge in [-0.2, -0.15) is 0 Å². The molecule has 30 heavy (non-hydrogen) atoms. The molecule has 0 saturated heterocycles. The Hall–Kier alpha value is -3.30. The third-order valence-corrected chi connectivity index (χ3v) is 3.77. The number of ether oxygens (including phenoxy) is 1. The predicted molar refractivity (Wildman–Crippen MR) is 108 cm³/mol. The monoisotopic (exact) mass is 423 g/mol. The number of nitrogens with zero attached hydrogens (tertiary/aromatic N) is 2. The summed E-state index contributed by atoms with van der Waals surface area (Å²) in [4.78, 5) is 20.4. The van der Waals surface area contributed by atoms with Crippen molar-refractivity contribution in [3.8, 4) is 5.75 Å². The van der Waals surface area contributed by atoms with Crippen LogP contribution in [-0.2, 0) is 11.3 Å². The van der Waals surface area contributed by atoms with E-state index in [0.717, 1.165) is 5.56 Å². The van der Waals surface area contributed by atoms with E-state index in [1.165, 1.54) is 18.2 Å². The summed E-state index contributed by atoms with van der Waals surface area (Å²) in [5, 5.41) is 8.65. The van der Waals surface area contributed by atoms with Gasteiger partial charge in [0.2, 0.25) is 5.91 Å². The molecule has 2 rings (SSSR count). The van der Waals surface area contributed by atoms with Gasteiger partial charge in [-0.15, -0.1) is 13.2 Å². The number of carbonyl (C=O) groups excluding carboxylic acids is 1. The zero-order valence-electron chi connectivity index (χ0n) is 16.7. The molecule has 3 N–H and O–H groups in total. The molecule has 0 aliphatic heterocycles. The lowest BCUT2D eigenvalue weighted by molar-refractivity contribution is -0.274. The molecule has 0 radical (unpaired) electrons. The molecule has 1 heterocycles. The van der Waals surface area contributed by atoms with Crippen LogP contribution in [0, 0.1) is 6.92 Å². The van der Waals surface area contributed by atoms with Gasteiger partial charge in [-0.3, -0.25) is 4.79 Å². The Morgan fingerprint density at radius 2 is 1.93 bits per heavy atom. The fourth-order valence-corrected chi connectivity index (χ4v) is 2.41. The van der Waals surface area contributed by atoms with Crippen LogP contribution >= 0.6 is 0 Å². The van der Waals surface area contributed by atoms with Gasteiger partial charge in [-0.05, 0) is 31.5 Å². The number of anilines is 1. The molecule has 0 unspecified atom stereocenters. The van der Waals surface area contributed by atoms with Crippen molar-refractivity contribution in [3.05, 3.63) is 53.7 Å². The average Bonchev–Trinajstić information content (AvgIpc) is 2.68. The highest BCUT2D eigenvalue weighted by molar-refractivity contribution is 5.90. The standard InChI is InChI=1S/C20H24F3N5O2/c1-3-24-19(25-11-10-18(29)28-17-9-8-14(2)12-26-17)27-13-15-6-4-5-7-16(15)30-20(21,22)23/h4-9,12H,3,10-11,13H2,1-2H3,(H2,24,25,27)(H,26,28,29). The Labute approximate surface area is 172 Å². The highest BCUT2D eigenvalue weighted by Gasteiger charge is 2.31. The number of aromatic nitrogens is 1. The molecule has 10 heteroatoms. The first kappa shape index (κ1) is 23.0. The second kappa shape index (κ2) is 11.0. The first-order chi connectivity index (χ1) is 14.3. The summed E-state index contributed by atoms with van der Waals surface area (Å²) in [5.74, 6) is 0.321. The van der Waals surface area contributed by atoms with E-state index in [1.54, 1.807) is 18.3 Å². The second-order valence-electron chi connectivity index (χ2n) is 6.30. The van der Waals surface area contributed by atoms with Crippen LogP contribution in [0.4, 0.5) is 19.0 Å². The molecule has 0 atom stereocenters. The van der Waals surface area contributed by atoms with Crippen molar-refractivity contribution in [2.75, 3.05) is 18.4 Å². The first-order valence-corrected chi connectivity index (χ1v) is 9.35. The van der Waals surface area contributed by atoms with Crippen molar-refractivity contribution in [2.45, 2.75) is 33.2 Å². The van der Waals surface area contributed by atoms with E-state index in [4.69, 9.17) is 0 Å². The van der Waals surface area contributed by atoms with E-state index in [0.29, 0.717) is 18.3 Å². The lowest BCUT2D eigenvalue weighted by Gasteiger charge is -2.14. The molecule has 0 bridgehead atoms. The van der Waals surface area contributed by atoms with Crippen molar-refractivity contribution < 1.29 is 22.7 Å². The highest BCUT2D eigenvalue weighted by atomic mass is 19.4. The van der Waals surface area contributed by atoms with Crippen molar-refractivity contribution in [1.82, 2.24) is 15.6 Å². The Kier molecular flexibility index (Phi) is 8.45. The zero-order chi connectivity index (χ0) is 22.0. The van der Waals surface area contributed by atoms with Gasteiger partial charge in [0.05, 0.1) is 6.54 Å². The van der Waals surface area contributed by atoms with Gasteiger partial charge in [0.1, 0.15) is 11.6 Å². The minimum atomic E-state index is -4.78. The molecule has 1 aromatic carbocycles. The Morgan fingerprint density at radius 3 is 2.60 bits per heavy atom. The van der Waals surface area contributed by atoms with Crippen molar-refractivity contribution in [1.29, 1.82) is 0 Å². The maximum atomic E-state index is 12.5. The van der Waals surface area contributed by atoms with E-state index < -0.39 is 6.36 Å². The Balaban J connectivity index is 1.90. The number of hydrogen-bond acceptors (Lipinski definition) is 4. The summed E-state index contributed by atoms with van der Waals surface area (Å²) in [5.41, 5.74) is 1.28. The Morgan fingerprint density at radius 1 is 1.17 bits per heavy atom. The molecule has 0 fully saturated rings. The molecule has 1 aromatic heterocycles. The van der Waals surface area contributed by atoms with Crippen LogP contribution in [0.3, 0.4) is 0 Å². The number of benzene rings is 1. The number of amides is 1. The third-order valence-electron chi connectivity index (χ3n) is 3.77. The van der Waals surface area contributed by atoms with Crippen LogP contribution < -0.4 is 20.7 Å². The van der Waals surface area contributed by atoms with Crippen LogP contribution in [0.5, 0.6) is 5.75 Å². The van der Waals surface area contributed by atoms with Gasteiger partial charge in [-0.25, -0.2) is 9.98 Å². The van der Waals surface area contributed by atoms with Gasteiger partial charge in [0, 0.05) is 31.3 Å². The minimum absolute atomic E-state index is 0.0267. The van der Waals surface area contributed by atoms with Crippen LogP contribution in [0.25, 0.3) is 0 Å². The van der Waals surface area contributed by atoms with Gasteiger partial charge >= 0.3 is 6.36 Å². The molecule has 0 saturated carbocycles. The number of para-hydroxylation sites is 1. The summed E-state index contributed by atoms with van der Waals surface area (Å²) in [6.45, 7) is 4.56. The lowest BCUT2D eigenvalue weighted by atomic mass is 10.2. The normalized spacial score (nSPS) is 11.7. The topological polar surface area (TPSA) is 87.6 Å². The first-order valence-electron chi connectivity index (χ1n) is 9.35. The largest absolute Gasteiger partial charge is 0.573 e. The van der Waals surface area contributed by atoms with E-state index in [1.807, 2.05) is 19.9 Å². The molecule has 7 nitrogen and oxygen atoms in total. The van der Waals surface area contributed by atoms with Gasteiger partial charge in [0.15, 0.2) is 5.96 Å². The summed E-state index contributed by atoms with van der Waals surface area (Å²) >= 11 is 0. The minimum Gasteiger partial charge on any atom is -0.405 e. The molecule has 1 amide bonds. The number of rotatable bonds is 8. The summed E-state index contributed by atoms with van der Waals surface area (Å²) in [6.07, 6.45) is -2.96. The molecule has 0 spiro atoms. The van der Waals surface area contributed by atoms with E-state index >= 15 is 0 Å². The number of nitrogens with one attached hydrogen (secondary N) is 3. The molecule has 2 aromatic rings. The number of aliphatic imine (C=N–C) groups is 1. The van der Waals surface area contributed by atoms with Crippen molar-refractivity contribution in [2.24, 2.45) is 4.99 Å². The van der Waals surface area contributed by atoms with E-state index in [2.05, 4.69) is 30.7 Å². The molecule has 0 aliphatic rings. The predicted octanol–water partition coefficient (Wildman–Crippen LogP) is 3.37. The molecule has 0 aliphatic carbocycles. The van der Waals surface area contributed by atoms with Crippen LogP contribution in [0.15, 0.2) is 47.6 Å². The van der Waals surface area contributed by atoms with Crippen LogP contribution in [0.1, 0.15) is 24.5 Å². The molecular weight excluding hydrogens is 399 g/mol. The zero-order valence-corrected chi connectivity index (χ0v) is 16.7. The highest BCUT2D eigenvalue weighted by Crippen LogP contribution is 2.26. The van der Waals surface area contributed by atoms with Crippen LogP contribution in [0.2, 0.25) is 0 Å². The fraction of sp³-hybridized carbons (Fsp3) is 0.350. The number of alkyl halides is 3. The van der Waals surface area contributed by atoms with Gasteiger partial charge in [-0.1, -0.05) is 24.3 Å². The number of guanidine groups is 1. The maximum Gasteiger partial charge on any atom is 0.573 e. The van der Waals surface area contributed by atoms with Crippen molar-refractivity contribution >= 4 is 17.7 Å². The van der Waals surface area contributed by atoms with E-state index in [-0.39, 0.29) is 36.7 Å². The van der Waals surface area contributed by atoms with Crippen LogP contribution in [-0.4, -0.2) is 36.3 Å². The maximum absolute atomic E-state index is 12.5. The fourth-order valence-electron chi connectivity index (χ4n) is 2.41.